The lowest BCUT2D eigenvalue weighted by molar-refractivity contribution is -0.118. The van der Waals surface area contributed by atoms with Gasteiger partial charge in [0.1, 0.15) is 5.82 Å². The van der Waals surface area contributed by atoms with Gasteiger partial charge in [-0.3, -0.25) is 9.36 Å². The number of aromatic nitrogens is 3. The number of carbonyl (C=O) groups excluding carboxylic acids is 1. The predicted octanol–water partition coefficient (Wildman–Crippen LogP) is 2.50. The Balaban J connectivity index is 2.03. The second-order valence-electron chi connectivity index (χ2n) is 4.56. The van der Waals surface area contributed by atoms with E-state index in [9.17, 15) is 9.18 Å². The molecular formula is C15H13FN4O2S. The topological polar surface area (TPSA) is 73.0 Å². The number of nitrogens with zero attached hydrogens (tertiary/aromatic N) is 3. The molecular weight excluding hydrogens is 319 g/mol. The van der Waals surface area contributed by atoms with E-state index in [0.717, 1.165) is 0 Å². The van der Waals surface area contributed by atoms with Gasteiger partial charge < -0.3 is 9.73 Å². The molecule has 3 aromatic rings. The minimum absolute atomic E-state index is 0.122. The molecule has 0 fully saturated rings. The van der Waals surface area contributed by atoms with E-state index < -0.39 is 0 Å². The van der Waals surface area contributed by atoms with Gasteiger partial charge in [0.15, 0.2) is 10.9 Å². The Morgan fingerprint density at radius 3 is 2.74 bits per heavy atom. The highest BCUT2D eigenvalue weighted by Crippen LogP contribution is 2.28. The quantitative estimate of drug-likeness (QED) is 0.727. The number of rotatable bonds is 5. The maximum absolute atomic E-state index is 13.2. The van der Waals surface area contributed by atoms with Crippen molar-refractivity contribution >= 4 is 17.7 Å². The van der Waals surface area contributed by atoms with Gasteiger partial charge in [-0.1, -0.05) is 11.8 Å². The van der Waals surface area contributed by atoms with Crippen molar-refractivity contribution in [1.82, 2.24) is 20.1 Å². The highest BCUT2D eigenvalue weighted by atomic mass is 32.2. The maximum atomic E-state index is 13.2. The van der Waals surface area contributed by atoms with Crippen LogP contribution in [0.2, 0.25) is 0 Å². The van der Waals surface area contributed by atoms with E-state index in [0.29, 0.717) is 22.4 Å². The molecule has 0 unspecified atom stereocenters. The summed E-state index contributed by atoms with van der Waals surface area (Å²) in [6.45, 7) is 0. The van der Waals surface area contributed by atoms with Gasteiger partial charge in [0.25, 0.3) is 0 Å². The Hall–Kier alpha value is -2.61. The fourth-order valence-corrected chi connectivity index (χ4v) is 2.78. The maximum Gasteiger partial charge on any atom is 0.230 e. The molecule has 0 spiro atoms. The van der Waals surface area contributed by atoms with E-state index >= 15 is 0 Å². The molecule has 1 amide bonds. The van der Waals surface area contributed by atoms with E-state index in [4.69, 9.17) is 4.42 Å². The van der Waals surface area contributed by atoms with Gasteiger partial charge in [-0.25, -0.2) is 4.39 Å². The van der Waals surface area contributed by atoms with Crippen LogP contribution >= 0.6 is 11.8 Å². The molecule has 0 aliphatic heterocycles. The van der Waals surface area contributed by atoms with Crippen LogP contribution in [0, 0.1) is 5.82 Å². The molecule has 0 atom stereocenters. The van der Waals surface area contributed by atoms with Crippen LogP contribution in [0.1, 0.15) is 0 Å². The highest BCUT2D eigenvalue weighted by molar-refractivity contribution is 7.99. The largest absolute Gasteiger partial charge is 0.461 e. The summed E-state index contributed by atoms with van der Waals surface area (Å²) in [7, 11) is 1.57. The second-order valence-corrected chi connectivity index (χ2v) is 5.50. The number of amides is 1. The highest BCUT2D eigenvalue weighted by Gasteiger charge is 2.18. The zero-order valence-electron chi connectivity index (χ0n) is 12.2. The van der Waals surface area contributed by atoms with Crippen LogP contribution in [0.15, 0.2) is 52.2 Å². The van der Waals surface area contributed by atoms with Gasteiger partial charge in [0.2, 0.25) is 11.7 Å². The molecule has 0 saturated carbocycles. The number of hydrogen-bond acceptors (Lipinski definition) is 5. The summed E-state index contributed by atoms with van der Waals surface area (Å²) in [6, 6.07) is 9.46. The molecule has 0 saturated heterocycles. The van der Waals surface area contributed by atoms with Gasteiger partial charge in [-0.2, -0.15) is 0 Å². The van der Waals surface area contributed by atoms with Crippen LogP contribution in [-0.4, -0.2) is 33.5 Å². The summed E-state index contributed by atoms with van der Waals surface area (Å²) in [5.41, 5.74) is 0.683. The second kappa shape index (κ2) is 6.66. The zero-order chi connectivity index (χ0) is 16.2. The van der Waals surface area contributed by atoms with Gasteiger partial charge in [0.05, 0.1) is 17.7 Å². The minimum Gasteiger partial charge on any atom is -0.461 e. The fourth-order valence-electron chi connectivity index (χ4n) is 1.95. The predicted molar refractivity (Wildman–Crippen MR) is 83.8 cm³/mol. The normalized spacial score (nSPS) is 10.7. The summed E-state index contributed by atoms with van der Waals surface area (Å²) in [5.74, 6) is 0.771. The average molecular weight is 332 g/mol. The van der Waals surface area contributed by atoms with Crippen molar-refractivity contribution in [2.45, 2.75) is 5.16 Å². The van der Waals surface area contributed by atoms with Gasteiger partial charge in [-0.15, -0.1) is 10.2 Å². The Morgan fingerprint density at radius 2 is 2.09 bits per heavy atom. The average Bonchev–Trinajstić information content (AvgIpc) is 3.22. The smallest absolute Gasteiger partial charge is 0.230 e. The van der Waals surface area contributed by atoms with Crippen molar-refractivity contribution in [3.63, 3.8) is 0 Å². The molecule has 0 radical (unpaired) electrons. The van der Waals surface area contributed by atoms with Crippen molar-refractivity contribution in [3.05, 3.63) is 48.5 Å². The number of halogens is 1. The number of furan rings is 1. The van der Waals surface area contributed by atoms with E-state index in [2.05, 4.69) is 15.5 Å². The van der Waals surface area contributed by atoms with Crippen molar-refractivity contribution in [1.29, 1.82) is 0 Å². The van der Waals surface area contributed by atoms with Crippen molar-refractivity contribution in [2.75, 3.05) is 12.8 Å². The van der Waals surface area contributed by atoms with Crippen molar-refractivity contribution in [3.8, 4) is 17.3 Å². The van der Waals surface area contributed by atoms with Crippen LogP contribution in [0.4, 0.5) is 4.39 Å². The molecule has 118 valence electrons. The van der Waals surface area contributed by atoms with E-state index in [1.165, 1.54) is 30.2 Å². The van der Waals surface area contributed by atoms with Crippen LogP contribution in [0.5, 0.6) is 0 Å². The summed E-state index contributed by atoms with van der Waals surface area (Å²) >= 11 is 1.24. The third-order valence-corrected chi connectivity index (χ3v) is 4.00. The first-order chi connectivity index (χ1) is 11.2. The molecule has 0 bridgehead atoms. The number of hydrogen-bond donors (Lipinski definition) is 1. The number of thioether (sulfide) groups is 1. The first-order valence-corrected chi connectivity index (χ1v) is 7.76. The zero-order valence-corrected chi connectivity index (χ0v) is 13.0. The van der Waals surface area contributed by atoms with Crippen molar-refractivity contribution in [2.24, 2.45) is 0 Å². The lowest BCUT2D eigenvalue weighted by Crippen LogP contribution is -2.20. The molecule has 23 heavy (non-hydrogen) atoms. The van der Waals surface area contributed by atoms with Crippen LogP contribution in [0.25, 0.3) is 17.3 Å². The minimum atomic E-state index is -0.332. The number of carbonyl (C=O) groups is 1. The van der Waals surface area contributed by atoms with Crippen LogP contribution in [0.3, 0.4) is 0 Å². The van der Waals surface area contributed by atoms with E-state index in [1.54, 1.807) is 35.9 Å². The Bertz CT molecular complexity index is 800. The lowest BCUT2D eigenvalue weighted by Gasteiger charge is -2.08. The third-order valence-electron chi connectivity index (χ3n) is 3.07. The van der Waals surface area contributed by atoms with E-state index in [1.807, 2.05) is 0 Å². The molecule has 3 rings (SSSR count). The van der Waals surface area contributed by atoms with Crippen LogP contribution in [-0.2, 0) is 4.79 Å². The lowest BCUT2D eigenvalue weighted by atomic mass is 10.3. The molecule has 6 nitrogen and oxygen atoms in total. The van der Waals surface area contributed by atoms with Crippen LogP contribution < -0.4 is 5.32 Å². The van der Waals surface area contributed by atoms with Gasteiger partial charge in [0, 0.05) is 7.05 Å². The summed E-state index contributed by atoms with van der Waals surface area (Å²) in [6.07, 6.45) is 1.54. The molecule has 0 aliphatic carbocycles. The Kier molecular flexibility index (Phi) is 4.42. The molecule has 2 aromatic heterocycles. The fraction of sp³-hybridized carbons (Fsp3) is 0.133. The first-order valence-electron chi connectivity index (χ1n) is 6.77. The van der Waals surface area contributed by atoms with E-state index in [-0.39, 0.29) is 17.5 Å². The Labute approximate surface area is 135 Å². The Morgan fingerprint density at radius 1 is 1.30 bits per heavy atom. The summed E-state index contributed by atoms with van der Waals surface area (Å²) in [4.78, 5) is 11.5. The number of benzene rings is 1. The molecule has 8 heteroatoms. The SMILES string of the molecule is CNC(=O)CSc1nnc(-c2ccco2)n1-c1ccc(F)cc1. The summed E-state index contributed by atoms with van der Waals surface area (Å²) < 4.78 is 20.3. The molecule has 1 N–H and O–H groups in total. The standard InChI is InChI=1S/C15H13FN4O2S/c1-17-13(21)9-23-15-19-18-14(12-3-2-8-22-12)20(15)11-6-4-10(16)5-7-11/h2-8H,9H2,1H3,(H,17,21). The van der Waals surface area contributed by atoms with Crippen molar-refractivity contribution < 1.29 is 13.6 Å². The molecule has 0 aliphatic rings. The van der Waals surface area contributed by atoms with Gasteiger partial charge >= 0.3 is 0 Å². The molecule has 1 aromatic carbocycles. The molecule has 2 heterocycles. The van der Waals surface area contributed by atoms with Gasteiger partial charge in [-0.05, 0) is 36.4 Å². The summed E-state index contributed by atoms with van der Waals surface area (Å²) in [5, 5.41) is 11.3. The monoisotopic (exact) mass is 332 g/mol. The first kappa shape index (κ1) is 15.3. The number of nitrogens with one attached hydrogen (secondary N) is 1. The third kappa shape index (κ3) is 3.26.